The molecule has 2 rings (SSSR count). The fourth-order valence-corrected chi connectivity index (χ4v) is 2.86. The summed E-state index contributed by atoms with van der Waals surface area (Å²) in [7, 11) is 5.58. The van der Waals surface area contributed by atoms with Crippen LogP contribution in [-0.2, 0) is 4.74 Å². The first-order chi connectivity index (χ1) is 8.11. The van der Waals surface area contributed by atoms with Gasteiger partial charge in [0.2, 0.25) is 0 Å². The second-order valence-corrected chi connectivity index (χ2v) is 5.21. The minimum atomic E-state index is -0.362. The van der Waals surface area contributed by atoms with Gasteiger partial charge in [-0.05, 0) is 14.1 Å². The van der Waals surface area contributed by atoms with E-state index in [-0.39, 0.29) is 12.0 Å². The van der Waals surface area contributed by atoms with Crippen molar-refractivity contribution < 1.29 is 9.53 Å². The number of likely N-dealkylation sites (N-methyl/N-ethyl adjacent to an activating group) is 2. The van der Waals surface area contributed by atoms with E-state index in [2.05, 4.69) is 33.6 Å². The van der Waals surface area contributed by atoms with Crippen molar-refractivity contribution in [1.29, 1.82) is 0 Å². The molecular formula is C11H17N3O2S. The van der Waals surface area contributed by atoms with Crippen LogP contribution in [0.15, 0.2) is 5.38 Å². The maximum atomic E-state index is 11.4. The molecule has 0 amide bonds. The molecule has 1 atom stereocenters. The summed E-state index contributed by atoms with van der Waals surface area (Å²) in [4.78, 5) is 20.3. The Bertz CT molecular complexity index is 407. The number of methoxy groups -OCH3 is 1. The van der Waals surface area contributed by atoms with E-state index < -0.39 is 0 Å². The number of ether oxygens (including phenoxy) is 1. The van der Waals surface area contributed by atoms with Crippen molar-refractivity contribution >= 4 is 17.3 Å². The molecule has 6 heteroatoms. The van der Waals surface area contributed by atoms with Gasteiger partial charge in [0.25, 0.3) is 0 Å². The molecular weight excluding hydrogens is 238 g/mol. The second kappa shape index (κ2) is 5.12. The number of aromatic nitrogens is 1. The topological polar surface area (TPSA) is 45.7 Å². The Kier molecular flexibility index (Phi) is 3.76. The van der Waals surface area contributed by atoms with Crippen molar-refractivity contribution in [2.75, 3.05) is 40.8 Å². The molecule has 0 aliphatic carbocycles. The summed E-state index contributed by atoms with van der Waals surface area (Å²) >= 11 is 1.53. The molecule has 0 radical (unpaired) electrons. The van der Waals surface area contributed by atoms with Gasteiger partial charge in [-0.25, -0.2) is 9.78 Å². The Balaban J connectivity index is 2.15. The van der Waals surface area contributed by atoms with Gasteiger partial charge >= 0.3 is 5.97 Å². The Morgan fingerprint density at radius 1 is 1.53 bits per heavy atom. The third-order valence-corrected chi connectivity index (χ3v) is 4.00. The van der Waals surface area contributed by atoms with Crippen molar-refractivity contribution in [2.24, 2.45) is 0 Å². The smallest absolute Gasteiger partial charge is 0.357 e. The summed E-state index contributed by atoms with van der Waals surface area (Å²) in [6, 6.07) is 0.275. The molecule has 0 N–H and O–H groups in total. The van der Waals surface area contributed by atoms with Crippen LogP contribution >= 0.6 is 11.3 Å². The van der Waals surface area contributed by atoms with E-state index in [4.69, 9.17) is 0 Å². The summed E-state index contributed by atoms with van der Waals surface area (Å²) in [5.74, 6) is -0.362. The van der Waals surface area contributed by atoms with Gasteiger partial charge in [-0.15, -0.1) is 11.3 Å². The highest BCUT2D eigenvalue weighted by molar-refractivity contribution is 7.09. The molecule has 5 nitrogen and oxygen atoms in total. The number of hydrogen-bond acceptors (Lipinski definition) is 6. The molecule has 1 fully saturated rings. The molecule has 94 valence electrons. The molecule has 1 aromatic rings. The normalized spacial score (nSPS) is 22.6. The predicted octanol–water partition coefficient (Wildman–Crippen LogP) is 0.848. The highest BCUT2D eigenvalue weighted by Gasteiger charge is 2.26. The summed E-state index contributed by atoms with van der Waals surface area (Å²) in [6.07, 6.45) is 0. The first-order valence-electron chi connectivity index (χ1n) is 5.54. The molecule has 1 unspecified atom stereocenters. The van der Waals surface area contributed by atoms with Crippen LogP contribution < -0.4 is 0 Å². The van der Waals surface area contributed by atoms with Gasteiger partial charge in [0.05, 0.1) is 13.2 Å². The molecule has 0 aromatic carbocycles. The van der Waals surface area contributed by atoms with Gasteiger partial charge in [0, 0.05) is 25.0 Å². The van der Waals surface area contributed by atoms with Crippen LogP contribution in [0.25, 0.3) is 0 Å². The molecule has 1 aromatic heterocycles. The minimum absolute atomic E-state index is 0.275. The standard InChI is InChI=1S/C11H17N3O2S/c1-13-4-5-14(2)9(6-13)10-12-8(7-17-10)11(15)16-3/h7,9H,4-6H2,1-3H3. The Morgan fingerprint density at radius 2 is 2.29 bits per heavy atom. The van der Waals surface area contributed by atoms with Crippen LogP contribution in [0.5, 0.6) is 0 Å². The largest absolute Gasteiger partial charge is 0.464 e. The fraction of sp³-hybridized carbons (Fsp3) is 0.636. The summed E-state index contributed by atoms with van der Waals surface area (Å²) in [5.41, 5.74) is 0.411. The van der Waals surface area contributed by atoms with E-state index in [1.807, 2.05) is 0 Å². The van der Waals surface area contributed by atoms with Crippen molar-refractivity contribution in [3.63, 3.8) is 0 Å². The molecule has 1 aliphatic heterocycles. The zero-order valence-electron chi connectivity index (χ0n) is 10.3. The van der Waals surface area contributed by atoms with E-state index in [0.29, 0.717) is 5.69 Å². The summed E-state index contributed by atoms with van der Waals surface area (Å²) in [5, 5.41) is 2.75. The van der Waals surface area contributed by atoms with Crippen LogP contribution in [-0.4, -0.2) is 61.6 Å². The van der Waals surface area contributed by atoms with Crippen LogP contribution in [0, 0.1) is 0 Å². The van der Waals surface area contributed by atoms with E-state index in [1.54, 1.807) is 5.38 Å². The summed E-state index contributed by atoms with van der Waals surface area (Å²) < 4.78 is 4.67. The number of hydrogen-bond donors (Lipinski definition) is 0. The zero-order chi connectivity index (χ0) is 12.4. The molecule has 0 bridgehead atoms. The van der Waals surface area contributed by atoms with E-state index in [1.165, 1.54) is 18.4 Å². The lowest BCUT2D eigenvalue weighted by atomic mass is 10.2. The van der Waals surface area contributed by atoms with E-state index >= 15 is 0 Å². The molecule has 2 heterocycles. The van der Waals surface area contributed by atoms with Crippen molar-refractivity contribution in [3.05, 3.63) is 16.1 Å². The third-order valence-electron chi connectivity index (χ3n) is 3.05. The van der Waals surface area contributed by atoms with Crippen molar-refractivity contribution in [2.45, 2.75) is 6.04 Å². The highest BCUT2D eigenvalue weighted by Crippen LogP contribution is 2.26. The predicted molar refractivity (Wildman–Crippen MR) is 66.3 cm³/mol. The third kappa shape index (κ3) is 2.65. The summed E-state index contributed by atoms with van der Waals surface area (Å²) in [6.45, 7) is 3.04. The fourth-order valence-electron chi connectivity index (χ4n) is 1.92. The number of thiazole rings is 1. The van der Waals surface area contributed by atoms with Crippen LogP contribution in [0.3, 0.4) is 0 Å². The lowest BCUT2D eigenvalue weighted by molar-refractivity contribution is 0.0593. The molecule has 0 spiro atoms. The van der Waals surface area contributed by atoms with Gasteiger partial charge < -0.3 is 9.64 Å². The maximum Gasteiger partial charge on any atom is 0.357 e. The molecule has 1 saturated heterocycles. The zero-order valence-corrected chi connectivity index (χ0v) is 11.2. The second-order valence-electron chi connectivity index (χ2n) is 4.32. The molecule has 0 saturated carbocycles. The molecule has 17 heavy (non-hydrogen) atoms. The lowest BCUT2D eigenvalue weighted by Gasteiger charge is -2.36. The Morgan fingerprint density at radius 3 is 3.00 bits per heavy atom. The van der Waals surface area contributed by atoms with Crippen molar-refractivity contribution in [1.82, 2.24) is 14.8 Å². The van der Waals surface area contributed by atoms with Gasteiger partial charge in [-0.3, -0.25) is 4.90 Å². The van der Waals surface area contributed by atoms with Gasteiger partial charge in [-0.1, -0.05) is 0 Å². The van der Waals surface area contributed by atoms with Gasteiger partial charge in [-0.2, -0.15) is 0 Å². The Labute approximate surface area is 105 Å². The highest BCUT2D eigenvalue weighted by atomic mass is 32.1. The number of carbonyl (C=O) groups excluding carboxylic acids is 1. The number of rotatable bonds is 2. The molecule has 1 aliphatic rings. The average Bonchev–Trinajstić information content (AvgIpc) is 2.80. The minimum Gasteiger partial charge on any atom is -0.464 e. The maximum absolute atomic E-state index is 11.4. The van der Waals surface area contributed by atoms with Crippen LogP contribution in [0.1, 0.15) is 21.5 Å². The van der Waals surface area contributed by atoms with Crippen LogP contribution in [0.2, 0.25) is 0 Å². The monoisotopic (exact) mass is 255 g/mol. The number of esters is 1. The lowest BCUT2D eigenvalue weighted by Crippen LogP contribution is -2.44. The number of piperazine rings is 1. The van der Waals surface area contributed by atoms with Crippen LogP contribution in [0.4, 0.5) is 0 Å². The van der Waals surface area contributed by atoms with Crippen molar-refractivity contribution in [3.8, 4) is 0 Å². The van der Waals surface area contributed by atoms with Gasteiger partial charge in [0.1, 0.15) is 5.01 Å². The quantitative estimate of drug-likeness (QED) is 0.733. The number of nitrogens with zero attached hydrogens (tertiary/aromatic N) is 3. The first-order valence-corrected chi connectivity index (χ1v) is 6.42. The van der Waals surface area contributed by atoms with E-state index in [0.717, 1.165) is 24.6 Å². The SMILES string of the molecule is COC(=O)c1csc(C2CN(C)CCN2C)n1. The Hall–Kier alpha value is -0.980. The van der Waals surface area contributed by atoms with Gasteiger partial charge in [0.15, 0.2) is 5.69 Å². The average molecular weight is 255 g/mol. The number of carbonyl (C=O) groups is 1. The van der Waals surface area contributed by atoms with E-state index in [9.17, 15) is 4.79 Å². The first kappa shape index (κ1) is 12.5.